The lowest BCUT2D eigenvalue weighted by atomic mass is 9.93. The molecule has 0 N–H and O–H groups in total. The number of hydrogen-bond donors (Lipinski definition) is 0. The van der Waals surface area contributed by atoms with Gasteiger partial charge in [-0.3, -0.25) is 0 Å². The van der Waals surface area contributed by atoms with E-state index in [4.69, 9.17) is 7.85 Å². The smallest absolute Gasteiger partial charge is 0.210 e. The number of aryl methyl sites for hydroxylation is 1. The lowest BCUT2D eigenvalue weighted by Crippen LogP contribution is -2.04. The van der Waals surface area contributed by atoms with Crippen LogP contribution in [0.3, 0.4) is 0 Å². The van der Waals surface area contributed by atoms with E-state index in [1.54, 1.807) is 12.1 Å². The summed E-state index contributed by atoms with van der Waals surface area (Å²) in [5, 5.41) is 0.763. The molecule has 1 heterocycles. The summed E-state index contributed by atoms with van der Waals surface area (Å²) in [7, 11) is 5.61. The van der Waals surface area contributed by atoms with Gasteiger partial charge in [0.05, 0.1) is 5.52 Å². The fourth-order valence-electron chi connectivity index (χ4n) is 1.33. The van der Waals surface area contributed by atoms with Gasteiger partial charge in [-0.25, -0.2) is 9.97 Å². The Balaban J connectivity index is 2.87. The second-order valence-corrected chi connectivity index (χ2v) is 2.91. The van der Waals surface area contributed by atoms with Crippen molar-refractivity contribution in [1.29, 1.82) is 0 Å². The quantitative estimate of drug-likeness (QED) is 0.435. The Bertz CT molecular complexity index is 470. The van der Waals surface area contributed by atoms with Crippen LogP contribution < -0.4 is 5.46 Å². The van der Waals surface area contributed by atoms with Crippen molar-refractivity contribution in [3.63, 3.8) is 0 Å². The number of rotatable bonds is 0. The summed E-state index contributed by atoms with van der Waals surface area (Å²) in [6.45, 7) is 1.84. The first-order valence-electron chi connectivity index (χ1n) is 3.85. The standard InChI is InChI=1S/C9H6BFN2/c1-5-2-7(10)3-6-4-12-9(11)13-8(5)6/h2-4H,1H3. The predicted molar refractivity (Wildman–Crippen MR) is 49.6 cm³/mol. The van der Waals surface area contributed by atoms with E-state index in [1.807, 2.05) is 6.92 Å². The molecule has 1 aromatic heterocycles. The van der Waals surface area contributed by atoms with Crippen LogP contribution in [0.4, 0.5) is 4.39 Å². The number of benzene rings is 1. The van der Waals surface area contributed by atoms with Crippen LogP contribution in [0.1, 0.15) is 5.56 Å². The van der Waals surface area contributed by atoms with Crippen molar-refractivity contribution in [3.05, 3.63) is 30.0 Å². The first-order valence-corrected chi connectivity index (χ1v) is 3.85. The van der Waals surface area contributed by atoms with Crippen molar-refractivity contribution in [2.24, 2.45) is 0 Å². The first kappa shape index (κ1) is 8.17. The van der Waals surface area contributed by atoms with E-state index in [2.05, 4.69) is 9.97 Å². The third-order valence-electron chi connectivity index (χ3n) is 1.87. The Morgan fingerprint density at radius 3 is 2.92 bits per heavy atom. The Morgan fingerprint density at radius 1 is 1.38 bits per heavy atom. The van der Waals surface area contributed by atoms with Crippen molar-refractivity contribution in [3.8, 4) is 0 Å². The molecule has 2 aromatic rings. The molecular weight excluding hydrogens is 166 g/mol. The summed E-state index contributed by atoms with van der Waals surface area (Å²) < 4.78 is 12.7. The zero-order chi connectivity index (χ0) is 9.42. The fraction of sp³-hybridized carbons (Fsp3) is 0.111. The van der Waals surface area contributed by atoms with Gasteiger partial charge in [0.15, 0.2) is 0 Å². The van der Waals surface area contributed by atoms with Gasteiger partial charge in [0.25, 0.3) is 0 Å². The Hall–Kier alpha value is -1.45. The normalized spacial score (nSPS) is 10.6. The number of nitrogens with zero attached hydrogens (tertiary/aromatic N) is 2. The zero-order valence-corrected chi connectivity index (χ0v) is 7.08. The second-order valence-electron chi connectivity index (χ2n) is 2.91. The minimum atomic E-state index is -0.708. The van der Waals surface area contributed by atoms with E-state index in [0.717, 1.165) is 10.9 Å². The van der Waals surface area contributed by atoms with E-state index in [9.17, 15) is 4.39 Å². The maximum absolute atomic E-state index is 12.7. The van der Waals surface area contributed by atoms with Gasteiger partial charge in [-0.05, 0) is 12.5 Å². The molecule has 0 amide bonds. The number of halogens is 1. The average molecular weight is 172 g/mol. The molecule has 0 unspecified atom stereocenters. The van der Waals surface area contributed by atoms with Gasteiger partial charge in [-0.2, -0.15) is 4.39 Å². The zero-order valence-electron chi connectivity index (χ0n) is 7.08. The Labute approximate surface area is 76.2 Å². The van der Waals surface area contributed by atoms with Crippen LogP contribution in [0.5, 0.6) is 0 Å². The summed E-state index contributed by atoms with van der Waals surface area (Å²) in [6, 6.07) is 3.48. The van der Waals surface area contributed by atoms with Crippen LogP contribution in [-0.4, -0.2) is 17.8 Å². The summed E-state index contributed by atoms with van der Waals surface area (Å²) in [4.78, 5) is 7.14. The highest BCUT2D eigenvalue weighted by Gasteiger charge is 2.01. The van der Waals surface area contributed by atoms with E-state index in [1.165, 1.54) is 6.20 Å². The van der Waals surface area contributed by atoms with Gasteiger partial charge in [-0.15, -0.1) is 0 Å². The molecule has 0 aliphatic rings. The highest BCUT2D eigenvalue weighted by Crippen LogP contribution is 2.12. The molecule has 1 aromatic carbocycles. The molecular formula is C9H6BFN2. The van der Waals surface area contributed by atoms with Crippen LogP contribution in [0.25, 0.3) is 10.9 Å². The van der Waals surface area contributed by atoms with E-state index >= 15 is 0 Å². The van der Waals surface area contributed by atoms with Crippen LogP contribution in [-0.2, 0) is 0 Å². The molecule has 4 heteroatoms. The van der Waals surface area contributed by atoms with Gasteiger partial charge in [0.2, 0.25) is 0 Å². The third kappa shape index (κ3) is 1.39. The second kappa shape index (κ2) is 2.80. The minimum absolute atomic E-state index is 0.613. The van der Waals surface area contributed by atoms with Gasteiger partial charge in [-0.1, -0.05) is 17.6 Å². The number of fused-ring (bicyclic) bond motifs is 1. The molecule has 0 aliphatic carbocycles. The Kier molecular flexibility index (Phi) is 1.76. The molecule has 0 bridgehead atoms. The SMILES string of the molecule is [B]c1cc(C)c2nc(F)ncc2c1. The molecule has 2 rings (SSSR count). The van der Waals surface area contributed by atoms with Crippen molar-refractivity contribution in [2.75, 3.05) is 0 Å². The minimum Gasteiger partial charge on any atom is -0.210 e. The highest BCUT2D eigenvalue weighted by atomic mass is 19.1. The molecule has 0 atom stereocenters. The maximum Gasteiger partial charge on any atom is 0.309 e. The number of aromatic nitrogens is 2. The van der Waals surface area contributed by atoms with Crippen molar-refractivity contribution in [1.82, 2.24) is 9.97 Å². The highest BCUT2D eigenvalue weighted by molar-refractivity contribution is 6.33. The monoisotopic (exact) mass is 172 g/mol. The van der Waals surface area contributed by atoms with E-state index < -0.39 is 6.08 Å². The van der Waals surface area contributed by atoms with Crippen molar-refractivity contribution < 1.29 is 4.39 Å². The topological polar surface area (TPSA) is 25.8 Å². The molecule has 0 fully saturated rings. The van der Waals surface area contributed by atoms with Gasteiger partial charge >= 0.3 is 6.08 Å². The van der Waals surface area contributed by atoms with Crippen molar-refractivity contribution in [2.45, 2.75) is 6.92 Å². The average Bonchev–Trinajstić information content (AvgIpc) is 2.06. The summed E-state index contributed by atoms with van der Waals surface area (Å²) in [6.07, 6.45) is 0.724. The van der Waals surface area contributed by atoms with Crippen LogP contribution in [0, 0.1) is 13.0 Å². The van der Waals surface area contributed by atoms with E-state index in [0.29, 0.717) is 11.0 Å². The first-order chi connectivity index (χ1) is 6.16. The molecule has 0 aliphatic heterocycles. The molecule has 2 nitrogen and oxygen atoms in total. The lowest BCUT2D eigenvalue weighted by Gasteiger charge is -2.02. The fourth-order valence-corrected chi connectivity index (χ4v) is 1.33. The lowest BCUT2D eigenvalue weighted by molar-refractivity contribution is 0.544. The van der Waals surface area contributed by atoms with Gasteiger partial charge in [0, 0.05) is 11.6 Å². The van der Waals surface area contributed by atoms with Crippen LogP contribution in [0.15, 0.2) is 18.3 Å². The third-order valence-corrected chi connectivity index (χ3v) is 1.87. The maximum atomic E-state index is 12.7. The molecule has 0 saturated carbocycles. The summed E-state index contributed by atoms with van der Waals surface area (Å²) in [5.41, 5.74) is 2.11. The summed E-state index contributed by atoms with van der Waals surface area (Å²) >= 11 is 0. The number of hydrogen-bond acceptors (Lipinski definition) is 2. The van der Waals surface area contributed by atoms with Crippen LogP contribution in [0.2, 0.25) is 0 Å². The van der Waals surface area contributed by atoms with Crippen LogP contribution >= 0.6 is 0 Å². The largest absolute Gasteiger partial charge is 0.309 e. The molecule has 13 heavy (non-hydrogen) atoms. The predicted octanol–water partition coefficient (Wildman–Crippen LogP) is 0.871. The molecule has 2 radical (unpaired) electrons. The van der Waals surface area contributed by atoms with Gasteiger partial charge < -0.3 is 0 Å². The molecule has 0 spiro atoms. The van der Waals surface area contributed by atoms with Gasteiger partial charge in [0.1, 0.15) is 7.85 Å². The Morgan fingerprint density at radius 2 is 2.15 bits per heavy atom. The van der Waals surface area contributed by atoms with Crippen molar-refractivity contribution >= 4 is 24.2 Å². The molecule has 0 saturated heterocycles. The molecule has 62 valence electrons. The van der Waals surface area contributed by atoms with E-state index in [-0.39, 0.29) is 0 Å². The summed E-state index contributed by atoms with van der Waals surface area (Å²) in [5.74, 6) is 0.